The van der Waals surface area contributed by atoms with Gasteiger partial charge in [-0.3, -0.25) is 9.97 Å². The van der Waals surface area contributed by atoms with E-state index in [9.17, 15) is 0 Å². The Labute approximate surface area is 215 Å². The number of nitrogens with one attached hydrogen (secondary N) is 1. The average Bonchev–Trinajstić information content (AvgIpc) is 3.27. The van der Waals surface area contributed by atoms with Crippen molar-refractivity contribution in [1.82, 2.24) is 20.2 Å². The van der Waals surface area contributed by atoms with Gasteiger partial charge in [0, 0.05) is 43.5 Å². The standard InChI is InChI=1S/C27H18ClN5S2/c1-16-14-23-26(34-16)24(12-13-29-23)35-19-9-7-18(8-10-19)31-27-21-5-3-2-4-20(21)25(32-33-27)22-11-6-17(28)15-30-22/h2-15H,1H3,(H,31,33). The molecule has 4 heterocycles. The molecule has 0 unspecified atom stereocenters. The number of pyridine rings is 2. The van der Waals surface area contributed by atoms with Gasteiger partial charge in [-0.25, -0.2) is 0 Å². The Bertz CT molecular complexity index is 1660. The van der Waals surface area contributed by atoms with E-state index < -0.39 is 0 Å². The van der Waals surface area contributed by atoms with Crippen LogP contribution in [-0.2, 0) is 0 Å². The van der Waals surface area contributed by atoms with Crippen LogP contribution in [0.5, 0.6) is 0 Å². The van der Waals surface area contributed by atoms with E-state index >= 15 is 0 Å². The molecule has 0 spiro atoms. The maximum Gasteiger partial charge on any atom is 0.161 e. The molecule has 5 nitrogen and oxygen atoms in total. The second-order valence-electron chi connectivity index (χ2n) is 7.94. The number of hydrogen-bond acceptors (Lipinski definition) is 7. The number of aromatic nitrogens is 4. The number of nitrogens with zero attached hydrogens (tertiary/aromatic N) is 4. The van der Waals surface area contributed by atoms with E-state index in [0.29, 0.717) is 10.8 Å². The molecule has 0 amide bonds. The summed E-state index contributed by atoms with van der Waals surface area (Å²) in [6.07, 6.45) is 3.50. The van der Waals surface area contributed by atoms with Crippen LogP contribution in [0.3, 0.4) is 0 Å². The molecular formula is C27H18ClN5S2. The summed E-state index contributed by atoms with van der Waals surface area (Å²) in [6, 6.07) is 24.3. The van der Waals surface area contributed by atoms with Gasteiger partial charge in [0.05, 0.1) is 20.9 Å². The van der Waals surface area contributed by atoms with Crippen molar-refractivity contribution in [1.29, 1.82) is 0 Å². The minimum atomic E-state index is 0.588. The van der Waals surface area contributed by atoms with Crippen LogP contribution in [0.4, 0.5) is 11.5 Å². The van der Waals surface area contributed by atoms with Crippen LogP contribution < -0.4 is 5.32 Å². The minimum absolute atomic E-state index is 0.588. The Morgan fingerprint density at radius 3 is 2.51 bits per heavy atom. The predicted molar refractivity (Wildman–Crippen MR) is 146 cm³/mol. The van der Waals surface area contributed by atoms with Crippen LogP contribution in [0.25, 0.3) is 32.4 Å². The lowest BCUT2D eigenvalue weighted by atomic mass is 10.1. The topological polar surface area (TPSA) is 63.6 Å². The lowest BCUT2D eigenvalue weighted by molar-refractivity contribution is 1.05. The second kappa shape index (κ2) is 9.26. The van der Waals surface area contributed by atoms with E-state index in [1.165, 1.54) is 14.5 Å². The van der Waals surface area contributed by atoms with Crippen LogP contribution in [0, 0.1) is 6.92 Å². The van der Waals surface area contributed by atoms with Crippen LogP contribution in [-0.4, -0.2) is 20.2 Å². The summed E-state index contributed by atoms with van der Waals surface area (Å²) in [4.78, 5) is 12.6. The van der Waals surface area contributed by atoms with Gasteiger partial charge in [0.2, 0.25) is 0 Å². The fraction of sp³-hybridized carbons (Fsp3) is 0.0370. The number of fused-ring (bicyclic) bond motifs is 2. The number of aryl methyl sites for hydroxylation is 1. The normalized spacial score (nSPS) is 11.3. The molecule has 6 aromatic rings. The third-order valence-corrected chi connectivity index (χ3v) is 7.99. The number of benzene rings is 2. The fourth-order valence-corrected chi connectivity index (χ4v) is 5.98. The first-order valence-corrected chi connectivity index (χ1v) is 12.9. The molecule has 0 aliphatic carbocycles. The first kappa shape index (κ1) is 22.0. The zero-order chi connectivity index (χ0) is 23.8. The third-order valence-electron chi connectivity index (χ3n) is 5.50. The fourth-order valence-electron chi connectivity index (χ4n) is 3.89. The van der Waals surface area contributed by atoms with Gasteiger partial charge in [0.25, 0.3) is 0 Å². The van der Waals surface area contributed by atoms with Crippen LogP contribution in [0.15, 0.2) is 95.0 Å². The highest BCUT2D eigenvalue weighted by Gasteiger charge is 2.13. The number of rotatable bonds is 5. The van der Waals surface area contributed by atoms with E-state index in [2.05, 4.69) is 68.8 Å². The smallest absolute Gasteiger partial charge is 0.161 e. The summed E-state index contributed by atoms with van der Waals surface area (Å²) < 4.78 is 1.23. The Balaban J connectivity index is 1.28. The molecule has 6 rings (SSSR count). The summed E-state index contributed by atoms with van der Waals surface area (Å²) in [6.45, 7) is 2.12. The first-order chi connectivity index (χ1) is 17.1. The lowest BCUT2D eigenvalue weighted by Crippen LogP contribution is -1.99. The monoisotopic (exact) mass is 511 g/mol. The molecule has 35 heavy (non-hydrogen) atoms. The van der Waals surface area contributed by atoms with Crippen molar-refractivity contribution >= 4 is 67.2 Å². The summed E-state index contributed by atoms with van der Waals surface area (Å²) in [5.74, 6) is 0.698. The molecule has 0 fully saturated rings. The van der Waals surface area contributed by atoms with Crippen molar-refractivity contribution in [3.8, 4) is 11.4 Å². The van der Waals surface area contributed by atoms with E-state index in [1.54, 1.807) is 29.3 Å². The van der Waals surface area contributed by atoms with E-state index in [4.69, 9.17) is 11.6 Å². The van der Waals surface area contributed by atoms with Crippen molar-refractivity contribution in [3.05, 3.63) is 95.1 Å². The highest BCUT2D eigenvalue weighted by atomic mass is 35.5. The highest BCUT2D eigenvalue weighted by molar-refractivity contribution is 7.99. The predicted octanol–water partition coefficient (Wildman–Crippen LogP) is 8.16. The third kappa shape index (κ3) is 4.46. The van der Waals surface area contributed by atoms with Gasteiger partial charge < -0.3 is 5.32 Å². The average molecular weight is 512 g/mol. The van der Waals surface area contributed by atoms with Crippen molar-refractivity contribution in [2.24, 2.45) is 0 Å². The molecule has 0 bridgehead atoms. The molecule has 170 valence electrons. The molecule has 1 N–H and O–H groups in total. The largest absolute Gasteiger partial charge is 0.338 e. The maximum atomic E-state index is 6.00. The Morgan fingerprint density at radius 1 is 0.886 bits per heavy atom. The quantitative estimate of drug-likeness (QED) is 0.252. The number of anilines is 2. The van der Waals surface area contributed by atoms with Crippen LogP contribution >= 0.6 is 34.7 Å². The minimum Gasteiger partial charge on any atom is -0.338 e. The summed E-state index contributed by atoms with van der Waals surface area (Å²) in [7, 11) is 0. The van der Waals surface area contributed by atoms with Crippen molar-refractivity contribution in [2.45, 2.75) is 16.7 Å². The lowest BCUT2D eigenvalue weighted by Gasteiger charge is -2.11. The molecule has 0 aliphatic heterocycles. The SMILES string of the molecule is Cc1cc2nccc(Sc3ccc(Nc4nnc(-c5ccc(Cl)cn5)c5ccccc45)cc3)c2s1. The Hall–Kier alpha value is -3.52. The van der Waals surface area contributed by atoms with Crippen molar-refractivity contribution in [3.63, 3.8) is 0 Å². The van der Waals surface area contributed by atoms with Gasteiger partial charge in [0.15, 0.2) is 5.82 Å². The van der Waals surface area contributed by atoms with Crippen molar-refractivity contribution in [2.75, 3.05) is 5.32 Å². The van der Waals surface area contributed by atoms with Crippen molar-refractivity contribution < 1.29 is 0 Å². The molecule has 0 radical (unpaired) electrons. The Morgan fingerprint density at radius 2 is 1.71 bits per heavy atom. The van der Waals surface area contributed by atoms with E-state index in [0.717, 1.165) is 38.3 Å². The number of halogens is 1. The van der Waals surface area contributed by atoms with Crippen LogP contribution in [0.2, 0.25) is 5.02 Å². The Kier molecular flexibility index (Phi) is 5.82. The number of hydrogen-bond donors (Lipinski definition) is 1. The van der Waals surface area contributed by atoms with Gasteiger partial charge >= 0.3 is 0 Å². The van der Waals surface area contributed by atoms with Gasteiger partial charge in [-0.15, -0.1) is 21.5 Å². The van der Waals surface area contributed by atoms with Gasteiger partial charge in [-0.2, -0.15) is 0 Å². The zero-order valence-corrected chi connectivity index (χ0v) is 21.0. The van der Waals surface area contributed by atoms with E-state index in [1.807, 2.05) is 42.6 Å². The first-order valence-electron chi connectivity index (χ1n) is 10.9. The van der Waals surface area contributed by atoms with Gasteiger partial charge in [0.1, 0.15) is 5.69 Å². The summed E-state index contributed by atoms with van der Waals surface area (Å²) >= 11 is 9.53. The molecular weight excluding hydrogens is 494 g/mol. The molecule has 0 atom stereocenters. The molecule has 2 aromatic carbocycles. The van der Waals surface area contributed by atoms with Crippen LogP contribution in [0.1, 0.15) is 4.88 Å². The maximum absolute atomic E-state index is 6.00. The summed E-state index contributed by atoms with van der Waals surface area (Å²) in [5.41, 5.74) is 3.45. The number of thiophene rings is 1. The zero-order valence-electron chi connectivity index (χ0n) is 18.6. The second-order valence-corrected chi connectivity index (χ2v) is 10.7. The summed E-state index contributed by atoms with van der Waals surface area (Å²) in [5, 5.41) is 14.9. The molecule has 0 saturated carbocycles. The highest BCUT2D eigenvalue weighted by Crippen LogP contribution is 2.37. The molecule has 4 aromatic heterocycles. The van der Waals surface area contributed by atoms with E-state index in [-0.39, 0.29) is 0 Å². The van der Waals surface area contributed by atoms with Gasteiger partial charge in [-0.1, -0.05) is 47.6 Å². The molecule has 0 aliphatic rings. The van der Waals surface area contributed by atoms with Gasteiger partial charge in [-0.05, 0) is 55.5 Å². The molecule has 8 heteroatoms. The molecule has 0 saturated heterocycles.